The monoisotopic (exact) mass is 446 g/mol. The van der Waals surface area contributed by atoms with Crippen LogP contribution in [-0.2, 0) is 16.1 Å². The van der Waals surface area contributed by atoms with Gasteiger partial charge in [0.05, 0.1) is 18.0 Å². The molecule has 0 N–H and O–H groups in total. The molecule has 0 amide bonds. The number of hydrogen-bond acceptors (Lipinski definition) is 4. The topological polar surface area (TPSA) is 42.4 Å². The second-order valence-corrected chi connectivity index (χ2v) is 9.66. The highest BCUT2D eigenvalue weighted by Gasteiger charge is 2.52. The van der Waals surface area contributed by atoms with E-state index in [-0.39, 0.29) is 23.1 Å². The number of carbonyl (C=O) groups excluding carboxylic acids is 1. The van der Waals surface area contributed by atoms with Gasteiger partial charge >= 0.3 is 5.97 Å². The van der Waals surface area contributed by atoms with E-state index in [9.17, 15) is 9.18 Å². The van der Waals surface area contributed by atoms with E-state index < -0.39 is 0 Å². The van der Waals surface area contributed by atoms with E-state index in [1.807, 2.05) is 25.3 Å². The van der Waals surface area contributed by atoms with Crippen LogP contribution < -0.4 is 0 Å². The number of carbonyl (C=O) groups is 1. The second kappa shape index (κ2) is 9.22. The molecular formula is C28H31FN2O2. The van der Waals surface area contributed by atoms with Gasteiger partial charge in [0.15, 0.2) is 0 Å². The van der Waals surface area contributed by atoms with Crippen molar-refractivity contribution in [3.8, 4) is 0 Å². The lowest BCUT2D eigenvalue weighted by atomic mass is 9.64. The number of esters is 1. The Labute approximate surface area is 194 Å². The average molecular weight is 447 g/mol. The van der Waals surface area contributed by atoms with Gasteiger partial charge in [0, 0.05) is 31.2 Å². The van der Waals surface area contributed by atoms with Gasteiger partial charge in [-0.1, -0.05) is 30.3 Å². The largest absolute Gasteiger partial charge is 0.466 e. The van der Waals surface area contributed by atoms with E-state index in [0.29, 0.717) is 12.5 Å². The van der Waals surface area contributed by atoms with Gasteiger partial charge in [-0.2, -0.15) is 0 Å². The van der Waals surface area contributed by atoms with Crippen molar-refractivity contribution in [2.24, 2.45) is 11.3 Å². The first-order chi connectivity index (χ1) is 16.1. The van der Waals surface area contributed by atoms with Gasteiger partial charge in [-0.05, 0) is 79.3 Å². The second-order valence-electron chi connectivity index (χ2n) is 9.66. The minimum absolute atomic E-state index is 0.0500. The fourth-order valence-corrected chi connectivity index (χ4v) is 6.11. The maximum atomic E-state index is 14.0. The van der Waals surface area contributed by atoms with Crippen molar-refractivity contribution in [1.29, 1.82) is 0 Å². The van der Waals surface area contributed by atoms with E-state index in [0.717, 1.165) is 56.2 Å². The third-order valence-corrected chi connectivity index (χ3v) is 7.70. The first-order valence-electron chi connectivity index (χ1n) is 12.0. The number of benzene rings is 2. The molecule has 5 heteroatoms. The summed E-state index contributed by atoms with van der Waals surface area (Å²) in [6.45, 7) is 4.83. The summed E-state index contributed by atoms with van der Waals surface area (Å²) in [5, 5.41) is 0.914. The zero-order valence-electron chi connectivity index (χ0n) is 19.2. The molecule has 2 aromatic carbocycles. The van der Waals surface area contributed by atoms with Gasteiger partial charge in [0.2, 0.25) is 0 Å². The average Bonchev–Trinajstić information content (AvgIpc) is 3.17. The standard InChI is InChI=1S/C28H31FN2O2/c1-2-33-27(32)25-18-31(17-20-6-4-3-5-7-20)19-28(25)13-10-21(11-14-28)23-12-15-30-26-9-8-22(29)16-24(23)26/h3-9,12,15-16,21,25H,2,10-11,13-14,17-19H2,1H3. The third kappa shape index (κ3) is 4.39. The molecule has 4 nitrogen and oxygen atoms in total. The number of nitrogens with zero attached hydrogens (tertiary/aromatic N) is 2. The van der Waals surface area contributed by atoms with Crippen LogP contribution >= 0.6 is 0 Å². The van der Waals surface area contributed by atoms with Gasteiger partial charge in [-0.15, -0.1) is 0 Å². The van der Waals surface area contributed by atoms with Crippen molar-refractivity contribution in [3.05, 3.63) is 77.7 Å². The summed E-state index contributed by atoms with van der Waals surface area (Å²) in [5.41, 5.74) is 3.25. The molecule has 0 bridgehead atoms. The number of halogens is 1. The fourth-order valence-electron chi connectivity index (χ4n) is 6.11. The lowest BCUT2D eigenvalue weighted by Gasteiger charge is -2.40. The molecule has 2 aliphatic rings. The van der Waals surface area contributed by atoms with E-state index >= 15 is 0 Å². The zero-order valence-corrected chi connectivity index (χ0v) is 19.2. The van der Waals surface area contributed by atoms with Crippen LogP contribution in [0.4, 0.5) is 4.39 Å². The molecule has 1 aliphatic carbocycles. The Morgan fingerprint density at radius 1 is 1.15 bits per heavy atom. The van der Waals surface area contributed by atoms with E-state index in [4.69, 9.17) is 4.74 Å². The molecular weight excluding hydrogens is 415 g/mol. The molecule has 2 heterocycles. The summed E-state index contributed by atoms with van der Waals surface area (Å²) in [5.74, 6) is -0.00983. The van der Waals surface area contributed by atoms with Crippen LogP contribution in [0.1, 0.15) is 49.7 Å². The van der Waals surface area contributed by atoms with Crippen molar-refractivity contribution in [3.63, 3.8) is 0 Å². The molecule has 172 valence electrons. The summed E-state index contributed by atoms with van der Waals surface area (Å²) >= 11 is 0. The fraction of sp³-hybridized carbons (Fsp3) is 0.429. The number of aromatic nitrogens is 1. The minimum Gasteiger partial charge on any atom is -0.466 e. The summed E-state index contributed by atoms with van der Waals surface area (Å²) in [4.78, 5) is 19.8. The summed E-state index contributed by atoms with van der Waals surface area (Å²) in [7, 11) is 0. The lowest BCUT2D eigenvalue weighted by molar-refractivity contribution is -0.152. The third-order valence-electron chi connectivity index (χ3n) is 7.70. The number of ether oxygens (including phenoxy) is 1. The van der Waals surface area contributed by atoms with Crippen molar-refractivity contribution in [1.82, 2.24) is 9.88 Å². The maximum Gasteiger partial charge on any atom is 0.310 e. The van der Waals surface area contributed by atoms with Crippen molar-refractivity contribution >= 4 is 16.9 Å². The first kappa shape index (κ1) is 22.0. The molecule has 1 spiro atoms. The summed E-state index contributed by atoms with van der Waals surface area (Å²) in [6, 6.07) is 17.3. The van der Waals surface area contributed by atoms with Crippen LogP contribution in [0.3, 0.4) is 0 Å². The normalized spacial score (nSPS) is 25.5. The van der Waals surface area contributed by atoms with Crippen molar-refractivity contribution < 1.29 is 13.9 Å². The van der Waals surface area contributed by atoms with Crippen LogP contribution in [0.15, 0.2) is 60.8 Å². The Balaban J connectivity index is 1.37. The molecule has 0 radical (unpaired) electrons. The molecule has 1 aromatic heterocycles. The summed E-state index contributed by atoms with van der Waals surface area (Å²) in [6.07, 6.45) is 5.77. The van der Waals surface area contributed by atoms with Crippen LogP contribution in [0.2, 0.25) is 0 Å². The first-order valence-corrected chi connectivity index (χ1v) is 12.0. The summed E-state index contributed by atoms with van der Waals surface area (Å²) < 4.78 is 19.5. The van der Waals surface area contributed by atoms with Crippen LogP contribution in [-0.4, -0.2) is 35.5 Å². The predicted octanol–water partition coefficient (Wildman–Crippen LogP) is 5.71. The van der Waals surface area contributed by atoms with E-state index in [2.05, 4.69) is 34.1 Å². The van der Waals surface area contributed by atoms with Gasteiger partial charge in [-0.3, -0.25) is 14.7 Å². The van der Waals surface area contributed by atoms with Crippen LogP contribution in [0.5, 0.6) is 0 Å². The van der Waals surface area contributed by atoms with Gasteiger partial charge in [-0.25, -0.2) is 4.39 Å². The molecule has 1 saturated carbocycles. The van der Waals surface area contributed by atoms with Crippen LogP contribution in [0.25, 0.3) is 10.9 Å². The van der Waals surface area contributed by atoms with E-state index in [1.54, 1.807) is 12.1 Å². The maximum absolute atomic E-state index is 14.0. The lowest BCUT2D eigenvalue weighted by Crippen LogP contribution is -2.39. The highest BCUT2D eigenvalue weighted by molar-refractivity contribution is 5.82. The minimum atomic E-state index is -0.223. The number of hydrogen-bond donors (Lipinski definition) is 0. The Kier molecular flexibility index (Phi) is 6.15. The number of rotatable bonds is 5. The quantitative estimate of drug-likeness (QED) is 0.471. The number of fused-ring (bicyclic) bond motifs is 1. The predicted molar refractivity (Wildman–Crippen MR) is 127 cm³/mol. The molecule has 33 heavy (non-hydrogen) atoms. The molecule has 1 atom stereocenters. The van der Waals surface area contributed by atoms with Crippen molar-refractivity contribution in [2.75, 3.05) is 19.7 Å². The number of pyridine rings is 1. The van der Waals surface area contributed by atoms with Crippen molar-refractivity contribution in [2.45, 2.75) is 45.1 Å². The smallest absolute Gasteiger partial charge is 0.310 e. The van der Waals surface area contributed by atoms with Gasteiger partial charge in [0.25, 0.3) is 0 Å². The SMILES string of the molecule is CCOC(=O)C1CN(Cc2ccccc2)CC12CCC(c1ccnc3ccc(F)cc13)CC2. The highest BCUT2D eigenvalue weighted by atomic mass is 19.1. The van der Waals surface area contributed by atoms with E-state index in [1.165, 1.54) is 17.2 Å². The molecule has 5 rings (SSSR count). The molecule has 3 aromatic rings. The highest BCUT2D eigenvalue weighted by Crippen LogP contribution is 2.52. The number of likely N-dealkylation sites (tertiary alicyclic amines) is 1. The Morgan fingerprint density at radius 2 is 1.94 bits per heavy atom. The molecule has 1 unspecified atom stereocenters. The van der Waals surface area contributed by atoms with Crippen LogP contribution in [0, 0.1) is 17.2 Å². The molecule has 1 aliphatic heterocycles. The zero-order chi connectivity index (χ0) is 22.8. The Hall–Kier alpha value is -2.79. The Bertz CT molecular complexity index is 1130. The Morgan fingerprint density at radius 3 is 2.70 bits per heavy atom. The molecule has 2 fully saturated rings. The van der Waals surface area contributed by atoms with Gasteiger partial charge in [0.1, 0.15) is 5.82 Å². The van der Waals surface area contributed by atoms with Gasteiger partial charge < -0.3 is 4.74 Å². The molecule has 1 saturated heterocycles.